The topological polar surface area (TPSA) is 20.5 Å². The van der Waals surface area contributed by atoms with E-state index >= 15 is 0 Å². The van der Waals surface area contributed by atoms with Crippen molar-refractivity contribution in [3.05, 3.63) is 59.4 Å². The van der Waals surface area contributed by atoms with E-state index in [4.69, 9.17) is 16.6 Å². The number of imidazole rings is 1. The fourth-order valence-electron chi connectivity index (χ4n) is 2.35. The zero-order chi connectivity index (χ0) is 14.1. The highest BCUT2D eigenvalue weighted by Crippen LogP contribution is 2.26. The number of nitrogens with zero attached hydrogens (tertiary/aromatic N) is 3. The highest BCUT2D eigenvalue weighted by Gasteiger charge is 2.14. The smallest absolute Gasteiger partial charge is 0.137 e. The summed E-state index contributed by atoms with van der Waals surface area (Å²) >= 11 is 6.12. The van der Waals surface area contributed by atoms with Gasteiger partial charge in [0, 0.05) is 18.3 Å². The van der Waals surface area contributed by atoms with E-state index in [1.807, 2.05) is 36.5 Å². The molecule has 0 spiro atoms. The van der Waals surface area contributed by atoms with Crippen LogP contribution in [0.4, 0.5) is 0 Å². The normalized spacial score (nSPS) is 11.4. The number of aromatic nitrogens is 2. The molecule has 3 nitrogen and oxygen atoms in total. The summed E-state index contributed by atoms with van der Waals surface area (Å²) in [6.45, 7) is 0.811. The average Bonchev–Trinajstić information content (AvgIpc) is 2.77. The molecule has 0 unspecified atom stereocenters. The van der Waals surface area contributed by atoms with Gasteiger partial charge in [0.2, 0.25) is 0 Å². The largest absolute Gasteiger partial charge is 0.304 e. The van der Waals surface area contributed by atoms with E-state index in [-0.39, 0.29) is 0 Å². The Morgan fingerprint density at radius 2 is 1.85 bits per heavy atom. The molecule has 4 heteroatoms. The highest BCUT2D eigenvalue weighted by atomic mass is 35.5. The molecule has 0 atom stereocenters. The van der Waals surface area contributed by atoms with Crippen LogP contribution in [-0.4, -0.2) is 28.4 Å². The van der Waals surface area contributed by atoms with Gasteiger partial charge < -0.3 is 9.30 Å². The van der Waals surface area contributed by atoms with Crippen molar-refractivity contribution in [3.8, 4) is 11.3 Å². The van der Waals surface area contributed by atoms with Gasteiger partial charge in [0.25, 0.3) is 0 Å². The number of pyridine rings is 1. The summed E-state index contributed by atoms with van der Waals surface area (Å²) in [5.41, 5.74) is 4.22. The van der Waals surface area contributed by atoms with Crippen LogP contribution in [0, 0.1) is 0 Å². The molecule has 0 radical (unpaired) electrons. The molecule has 20 heavy (non-hydrogen) atoms. The first-order chi connectivity index (χ1) is 9.65. The molecule has 0 aliphatic heterocycles. The molecule has 3 aromatic rings. The zero-order valence-corrected chi connectivity index (χ0v) is 12.3. The first-order valence-electron chi connectivity index (χ1n) is 6.52. The monoisotopic (exact) mass is 285 g/mol. The maximum absolute atomic E-state index is 6.12. The van der Waals surface area contributed by atoms with Crippen molar-refractivity contribution in [2.75, 3.05) is 14.1 Å². The Bertz CT molecular complexity index is 732. The van der Waals surface area contributed by atoms with E-state index in [2.05, 4.69) is 35.5 Å². The van der Waals surface area contributed by atoms with Crippen LogP contribution >= 0.6 is 11.6 Å². The molecule has 0 aliphatic carbocycles. The second-order valence-electron chi connectivity index (χ2n) is 5.09. The minimum Gasteiger partial charge on any atom is -0.304 e. The molecule has 0 aliphatic rings. The van der Waals surface area contributed by atoms with Crippen LogP contribution in [0.15, 0.2) is 48.7 Å². The van der Waals surface area contributed by atoms with Gasteiger partial charge in [0.15, 0.2) is 0 Å². The van der Waals surface area contributed by atoms with E-state index in [1.54, 1.807) is 0 Å². The fraction of sp³-hybridized carbons (Fsp3) is 0.188. The molecular formula is C16H16ClN3. The highest BCUT2D eigenvalue weighted by molar-refractivity contribution is 6.30. The third-order valence-corrected chi connectivity index (χ3v) is 3.42. The molecule has 3 rings (SSSR count). The number of hydrogen-bond acceptors (Lipinski definition) is 2. The van der Waals surface area contributed by atoms with Gasteiger partial charge in [-0.05, 0) is 26.2 Å². The number of halogens is 1. The van der Waals surface area contributed by atoms with Gasteiger partial charge in [0.05, 0.1) is 16.4 Å². The predicted octanol–water partition coefficient (Wildman–Crippen LogP) is 3.72. The molecule has 0 saturated heterocycles. The number of hydrogen-bond donors (Lipinski definition) is 0. The van der Waals surface area contributed by atoms with Crippen molar-refractivity contribution in [1.82, 2.24) is 14.3 Å². The van der Waals surface area contributed by atoms with Crippen LogP contribution in [0.2, 0.25) is 5.02 Å². The summed E-state index contributed by atoms with van der Waals surface area (Å²) in [7, 11) is 4.11. The third-order valence-electron chi connectivity index (χ3n) is 3.19. The molecule has 0 amide bonds. The van der Waals surface area contributed by atoms with Crippen molar-refractivity contribution in [3.63, 3.8) is 0 Å². The molecular weight excluding hydrogens is 270 g/mol. The Morgan fingerprint density at radius 3 is 2.55 bits per heavy atom. The van der Waals surface area contributed by atoms with E-state index in [9.17, 15) is 0 Å². The predicted molar refractivity (Wildman–Crippen MR) is 83.0 cm³/mol. The van der Waals surface area contributed by atoms with E-state index < -0.39 is 0 Å². The first-order valence-corrected chi connectivity index (χ1v) is 6.89. The minimum absolute atomic E-state index is 0.717. The van der Waals surface area contributed by atoms with E-state index in [0.717, 1.165) is 34.2 Å². The molecule has 2 aromatic heterocycles. The average molecular weight is 286 g/mol. The lowest BCUT2D eigenvalue weighted by Crippen LogP contribution is -2.13. The number of rotatable bonds is 3. The van der Waals surface area contributed by atoms with Gasteiger partial charge in [-0.2, -0.15) is 0 Å². The molecule has 0 N–H and O–H groups in total. The first kappa shape index (κ1) is 13.2. The van der Waals surface area contributed by atoms with Crippen molar-refractivity contribution in [2.45, 2.75) is 6.54 Å². The van der Waals surface area contributed by atoms with Crippen molar-refractivity contribution >= 4 is 17.2 Å². The molecule has 0 bridgehead atoms. The van der Waals surface area contributed by atoms with Gasteiger partial charge in [-0.3, -0.25) is 0 Å². The van der Waals surface area contributed by atoms with E-state index in [0.29, 0.717) is 0 Å². The summed E-state index contributed by atoms with van der Waals surface area (Å²) in [6, 6.07) is 14.1. The number of benzene rings is 1. The Morgan fingerprint density at radius 1 is 1.10 bits per heavy atom. The molecule has 1 aromatic carbocycles. The van der Waals surface area contributed by atoms with Crippen molar-refractivity contribution < 1.29 is 0 Å². The van der Waals surface area contributed by atoms with Crippen LogP contribution in [0.1, 0.15) is 5.69 Å². The van der Waals surface area contributed by atoms with Crippen LogP contribution < -0.4 is 0 Å². The summed E-state index contributed by atoms with van der Waals surface area (Å²) < 4.78 is 2.07. The number of fused-ring (bicyclic) bond motifs is 1. The minimum atomic E-state index is 0.717. The van der Waals surface area contributed by atoms with Crippen LogP contribution in [0.3, 0.4) is 0 Å². The van der Waals surface area contributed by atoms with Gasteiger partial charge in [-0.1, -0.05) is 41.9 Å². The summed E-state index contributed by atoms with van der Waals surface area (Å²) in [5.74, 6) is 0. The Hall–Kier alpha value is -1.84. The Kier molecular flexibility index (Phi) is 3.47. The second-order valence-corrected chi connectivity index (χ2v) is 5.52. The van der Waals surface area contributed by atoms with Crippen LogP contribution in [0.25, 0.3) is 16.9 Å². The molecule has 0 fully saturated rings. The van der Waals surface area contributed by atoms with Gasteiger partial charge >= 0.3 is 0 Å². The quantitative estimate of drug-likeness (QED) is 0.731. The van der Waals surface area contributed by atoms with Crippen LogP contribution in [-0.2, 0) is 6.54 Å². The van der Waals surface area contributed by atoms with Crippen LogP contribution in [0.5, 0.6) is 0 Å². The Balaban J connectivity index is 2.25. The lowest BCUT2D eigenvalue weighted by atomic mass is 10.1. The maximum atomic E-state index is 6.12. The molecule has 2 heterocycles. The van der Waals surface area contributed by atoms with Crippen molar-refractivity contribution in [2.24, 2.45) is 0 Å². The van der Waals surface area contributed by atoms with Gasteiger partial charge in [0.1, 0.15) is 5.65 Å². The SMILES string of the molecule is CN(C)Cc1c(-c2ccccc2)nc2ccc(Cl)cn12. The van der Waals surface area contributed by atoms with Gasteiger partial charge in [-0.25, -0.2) is 4.98 Å². The maximum Gasteiger partial charge on any atom is 0.137 e. The van der Waals surface area contributed by atoms with Gasteiger partial charge in [-0.15, -0.1) is 0 Å². The summed E-state index contributed by atoms with van der Waals surface area (Å²) in [6.07, 6.45) is 1.93. The van der Waals surface area contributed by atoms with E-state index in [1.165, 1.54) is 0 Å². The fourth-order valence-corrected chi connectivity index (χ4v) is 2.51. The molecule has 102 valence electrons. The summed E-state index contributed by atoms with van der Waals surface area (Å²) in [4.78, 5) is 6.89. The Labute approximate surface area is 123 Å². The lowest BCUT2D eigenvalue weighted by molar-refractivity contribution is 0.396. The second kappa shape index (κ2) is 5.27. The van der Waals surface area contributed by atoms with Crippen molar-refractivity contribution in [1.29, 1.82) is 0 Å². The lowest BCUT2D eigenvalue weighted by Gasteiger charge is -2.11. The summed E-state index contributed by atoms with van der Waals surface area (Å²) in [5, 5.41) is 0.717. The standard InChI is InChI=1S/C16H16ClN3/c1-19(2)11-14-16(12-6-4-3-5-7-12)18-15-9-8-13(17)10-20(14)15/h3-10H,11H2,1-2H3. The molecule has 0 saturated carbocycles. The zero-order valence-electron chi connectivity index (χ0n) is 11.5. The third kappa shape index (κ3) is 2.42.